The van der Waals surface area contributed by atoms with Gasteiger partial charge in [0.1, 0.15) is 12.4 Å². The van der Waals surface area contributed by atoms with E-state index < -0.39 is 0 Å². The second kappa shape index (κ2) is 10.7. The first-order valence-corrected chi connectivity index (χ1v) is 14.2. The number of carbonyl (C=O) groups is 1. The number of hydrogen-bond donors (Lipinski definition) is 0. The van der Waals surface area contributed by atoms with E-state index in [0.717, 1.165) is 62.0 Å². The number of ether oxygens (including phenoxy) is 1. The number of rotatable bonds is 8. The van der Waals surface area contributed by atoms with E-state index in [0.29, 0.717) is 13.2 Å². The molecule has 3 heteroatoms. The number of aryl methyl sites for hydroxylation is 1. The molecule has 0 spiro atoms. The smallest absolute Gasteiger partial charge is 0.259 e. The monoisotopic (exact) mass is 525 g/mol. The fraction of sp³-hybridized carbons (Fsp3) is 0.216. The van der Waals surface area contributed by atoms with Gasteiger partial charge in [-0.2, -0.15) is 0 Å². The van der Waals surface area contributed by atoms with Crippen LogP contribution in [0.3, 0.4) is 0 Å². The Kier molecular flexibility index (Phi) is 6.89. The molecule has 0 unspecified atom stereocenters. The third-order valence-electron chi connectivity index (χ3n) is 8.09. The molecule has 0 radical (unpaired) electrons. The lowest BCUT2D eigenvalue weighted by Crippen LogP contribution is -2.27. The van der Waals surface area contributed by atoms with E-state index in [1.54, 1.807) is 0 Å². The Balaban J connectivity index is 1.66. The highest BCUT2D eigenvalue weighted by molar-refractivity contribution is 6.28. The molecule has 200 valence electrons. The number of hydrogen-bond acceptors (Lipinski definition) is 2. The van der Waals surface area contributed by atoms with Gasteiger partial charge in [0.25, 0.3) is 5.91 Å². The van der Waals surface area contributed by atoms with Crippen LogP contribution in [0.15, 0.2) is 97.1 Å². The van der Waals surface area contributed by atoms with Gasteiger partial charge in [0.2, 0.25) is 0 Å². The minimum atomic E-state index is 0.0478. The molecule has 0 fully saturated rings. The summed E-state index contributed by atoms with van der Waals surface area (Å²) < 4.78 is 6.70. The number of anilines is 1. The highest BCUT2D eigenvalue weighted by Crippen LogP contribution is 2.52. The molecule has 0 atom stereocenters. The maximum absolute atomic E-state index is 14.5. The van der Waals surface area contributed by atoms with Crippen molar-refractivity contribution in [2.24, 2.45) is 0 Å². The standard InChI is InChI=1S/C37H35NO2/c1-5-29-31-21-30(24(2)3)36(40-23-27-17-11-7-12-18-27)35-34(31)33(25(4)32(29)28-19-13-8-14-20-28)37(39)38(35)22-26-15-9-6-10-16-26/h6-21,24H,5,22-23H2,1-4H3. The van der Waals surface area contributed by atoms with Crippen LogP contribution in [0.4, 0.5) is 5.69 Å². The van der Waals surface area contributed by atoms with Crippen molar-refractivity contribution in [3.63, 3.8) is 0 Å². The first-order valence-electron chi connectivity index (χ1n) is 14.2. The Morgan fingerprint density at radius 3 is 2.00 bits per heavy atom. The van der Waals surface area contributed by atoms with Crippen LogP contribution in [-0.4, -0.2) is 5.91 Å². The third kappa shape index (κ3) is 4.36. The topological polar surface area (TPSA) is 29.5 Å². The lowest BCUT2D eigenvalue weighted by molar-refractivity contribution is 0.0990. The molecule has 0 aliphatic carbocycles. The molecule has 6 rings (SSSR count). The Labute approximate surface area is 237 Å². The number of carbonyl (C=O) groups excluding carboxylic acids is 1. The summed E-state index contributed by atoms with van der Waals surface area (Å²) in [5.74, 6) is 1.09. The van der Waals surface area contributed by atoms with Crippen LogP contribution in [0.25, 0.3) is 21.9 Å². The molecule has 0 saturated carbocycles. The van der Waals surface area contributed by atoms with Crippen molar-refractivity contribution < 1.29 is 9.53 Å². The summed E-state index contributed by atoms with van der Waals surface area (Å²) in [5.41, 5.74) is 9.72. The molecule has 1 heterocycles. The van der Waals surface area contributed by atoms with E-state index in [2.05, 4.69) is 82.3 Å². The van der Waals surface area contributed by atoms with Gasteiger partial charge in [-0.25, -0.2) is 0 Å². The van der Waals surface area contributed by atoms with Crippen molar-refractivity contribution in [2.75, 3.05) is 4.90 Å². The van der Waals surface area contributed by atoms with Crippen LogP contribution in [0.1, 0.15) is 64.9 Å². The predicted octanol–water partition coefficient (Wildman–Crippen LogP) is 9.24. The summed E-state index contributed by atoms with van der Waals surface area (Å²) in [7, 11) is 0. The van der Waals surface area contributed by atoms with E-state index >= 15 is 0 Å². The third-order valence-corrected chi connectivity index (χ3v) is 8.09. The Hall–Kier alpha value is -4.37. The summed E-state index contributed by atoms with van der Waals surface area (Å²) in [6.07, 6.45) is 0.871. The highest BCUT2D eigenvalue weighted by Gasteiger charge is 2.38. The van der Waals surface area contributed by atoms with E-state index in [1.807, 2.05) is 47.4 Å². The summed E-state index contributed by atoms with van der Waals surface area (Å²) >= 11 is 0. The normalized spacial score (nSPS) is 12.5. The van der Waals surface area contributed by atoms with Crippen molar-refractivity contribution in [2.45, 2.75) is 53.2 Å². The zero-order chi connectivity index (χ0) is 27.8. The van der Waals surface area contributed by atoms with Crippen LogP contribution in [0.2, 0.25) is 0 Å². The molecule has 40 heavy (non-hydrogen) atoms. The SMILES string of the molecule is CCc1c(-c2ccccc2)c(C)c2c3c(c(OCc4ccccc4)c(C(C)C)cc13)N(Cc1ccccc1)C2=O. The van der Waals surface area contributed by atoms with Crippen molar-refractivity contribution in [3.05, 3.63) is 130 Å². The first-order chi connectivity index (χ1) is 19.5. The van der Waals surface area contributed by atoms with Gasteiger partial charge in [0, 0.05) is 5.39 Å². The lowest BCUT2D eigenvalue weighted by atomic mass is 9.84. The van der Waals surface area contributed by atoms with Gasteiger partial charge in [-0.3, -0.25) is 9.69 Å². The molecule has 1 aliphatic rings. The van der Waals surface area contributed by atoms with Gasteiger partial charge < -0.3 is 4.74 Å². The fourth-order valence-corrected chi connectivity index (χ4v) is 6.19. The zero-order valence-corrected chi connectivity index (χ0v) is 23.7. The number of nitrogens with zero attached hydrogens (tertiary/aromatic N) is 1. The van der Waals surface area contributed by atoms with Gasteiger partial charge in [-0.15, -0.1) is 0 Å². The van der Waals surface area contributed by atoms with Gasteiger partial charge in [0.15, 0.2) is 0 Å². The highest BCUT2D eigenvalue weighted by atomic mass is 16.5. The maximum Gasteiger partial charge on any atom is 0.259 e. The van der Waals surface area contributed by atoms with Gasteiger partial charge in [-0.05, 0) is 69.7 Å². The van der Waals surface area contributed by atoms with Crippen LogP contribution in [-0.2, 0) is 19.6 Å². The second-order valence-corrected chi connectivity index (χ2v) is 10.9. The molecular formula is C37H35NO2. The number of benzene rings is 5. The predicted molar refractivity (Wildman–Crippen MR) is 165 cm³/mol. The molecule has 1 aliphatic heterocycles. The van der Waals surface area contributed by atoms with Crippen molar-refractivity contribution in [3.8, 4) is 16.9 Å². The Morgan fingerprint density at radius 2 is 1.40 bits per heavy atom. The van der Waals surface area contributed by atoms with Gasteiger partial charge in [0.05, 0.1) is 17.8 Å². The van der Waals surface area contributed by atoms with Crippen LogP contribution in [0.5, 0.6) is 5.75 Å². The van der Waals surface area contributed by atoms with E-state index in [4.69, 9.17) is 4.74 Å². The fourth-order valence-electron chi connectivity index (χ4n) is 6.19. The maximum atomic E-state index is 14.5. The lowest BCUT2D eigenvalue weighted by Gasteiger charge is -2.25. The Morgan fingerprint density at radius 1 is 0.800 bits per heavy atom. The minimum absolute atomic E-state index is 0.0478. The Bertz CT molecular complexity index is 1690. The second-order valence-electron chi connectivity index (χ2n) is 10.9. The molecule has 0 bridgehead atoms. The molecule has 5 aromatic rings. The molecule has 3 nitrogen and oxygen atoms in total. The minimum Gasteiger partial charge on any atom is -0.486 e. The van der Waals surface area contributed by atoms with Crippen LogP contribution < -0.4 is 9.64 Å². The van der Waals surface area contributed by atoms with E-state index in [-0.39, 0.29) is 11.8 Å². The van der Waals surface area contributed by atoms with E-state index in [1.165, 1.54) is 11.1 Å². The zero-order valence-electron chi connectivity index (χ0n) is 23.7. The summed E-state index contributed by atoms with van der Waals surface area (Å²) in [4.78, 5) is 16.4. The summed E-state index contributed by atoms with van der Waals surface area (Å²) in [5, 5.41) is 2.19. The largest absolute Gasteiger partial charge is 0.486 e. The van der Waals surface area contributed by atoms with E-state index in [9.17, 15) is 4.79 Å². The molecular weight excluding hydrogens is 490 g/mol. The van der Waals surface area contributed by atoms with Crippen molar-refractivity contribution in [1.29, 1.82) is 0 Å². The van der Waals surface area contributed by atoms with Crippen molar-refractivity contribution in [1.82, 2.24) is 0 Å². The molecule has 5 aromatic carbocycles. The van der Waals surface area contributed by atoms with Gasteiger partial charge >= 0.3 is 0 Å². The van der Waals surface area contributed by atoms with Crippen LogP contribution in [0, 0.1) is 6.92 Å². The average molecular weight is 526 g/mol. The molecule has 0 saturated heterocycles. The summed E-state index contributed by atoms with van der Waals surface area (Å²) in [6.45, 7) is 9.69. The molecule has 0 N–H and O–H groups in total. The summed E-state index contributed by atoms with van der Waals surface area (Å²) in [6, 6.07) is 33.3. The quantitative estimate of drug-likeness (QED) is 0.202. The first kappa shape index (κ1) is 25.9. The molecule has 0 aromatic heterocycles. The number of amides is 1. The average Bonchev–Trinajstić information content (AvgIpc) is 3.27. The van der Waals surface area contributed by atoms with Crippen LogP contribution >= 0.6 is 0 Å². The van der Waals surface area contributed by atoms with Gasteiger partial charge in [-0.1, -0.05) is 112 Å². The van der Waals surface area contributed by atoms with Crippen molar-refractivity contribution >= 4 is 22.4 Å². The molecule has 1 amide bonds.